The summed E-state index contributed by atoms with van der Waals surface area (Å²) in [5, 5.41) is 0. The third-order valence-corrected chi connectivity index (χ3v) is 8.79. The van der Waals surface area contributed by atoms with Crippen LogP contribution in [0.1, 0.15) is 41.5 Å². The fraction of sp³-hybridized carbons (Fsp3) is 1.00. The van der Waals surface area contributed by atoms with Gasteiger partial charge in [0.1, 0.15) is 0 Å². The summed E-state index contributed by atoms with van der Waals surface area (Å²) in [5.74, 6) is 0. The molecule has 0 aromatic rings. The fourth-order valence-electron chi connectivity index (χ4n) is 2.31. The van der Waals surface area contributed by atoms with Crippen molar-refractivity contribution in [2.45, 2.75) is 78.9 Å². The normalized spacial score (nSPS) is 15.2. The van der Waals surface area contributed by atoms with Crippen LogP contribution in [0, 0.1) is 0 Å². The topological polar surface area (TPSA) is 30.5 Å². The Morgan fingerprint density at radius 3 is 1.06 bits per heavy atom. The van der Waals surface area contributed by atoms with Crippen molar-refractivity contribution in [1.29, 1.82) is 0 Å². The highest BCUT2D eigenvalue weighted by atomic mass is 28.4. The van der Waals surface area contributed by atoms with Crippen molar-refractivity contribution in [1.82, 2.24) is 4.65 Å². The Bertz CT molecular complexity index is 226. The van der Waals surface area contributed by atoms with Crippen LogP contribution in [-0.4, -0.2) is 28.2 Å². The molecule has 0 aliphatic carbocycles. The molecule has 1 N–H and O–H groups in total. The van der Waals surface area contributed by atoms with E-state index in [0.29, 0.717) is 0 Å². The third-order valence-electron chi connectivity index (χ3n) is 1.72. The van der Waals surface area contributed by atoms with Crippen molar-refractivity contribution >= 4 is 17.0 Å². The van der Waals surface area contributed by atoms with Crippen molar-refractivity contribution in [2.75, 3.05) is 0 Å². The molecule has 5 heteroatoms. The first-order valence-electron chi connectivity index (χ1n) is 6.32. The van der Waals surface area contributed by atoms with Gasteiger partial charge in [0.2, 0.25) is 0 Å². The average molecular weight is 278 g/mol. The summed E-state index contributed by atoms with van der Waals surface area (Å²) in [6, 6.07) is 0. The molecular formula is C12H31NO2Si2. The SMILES string of the molecule is CC(C)(C)O[Si](C)(C)N[Si](C)(C)OC(C)(C)C. The smallest absolute Gasteiger partial charge is 0.258 e. The van der Waals surface area contributed by atoms with E-state index >= 15 is 0 Å². The lowest BCUT2D eigenvalue weighted by atomic mass is 10.2. The second kappa shape index (κ2) is 5.13. The maximum atomic E-state index is 6.16. The van der Waals surface area contributed by atoms with Crippen LogP contribution in [0.4, 0.5) is 0 Å². The Labute approximate surface area is 110 Å². The molecule has 0 atom stereocenters. The molecule has 0 amide bonds. The van der Waals surface area contributed by atoms with E-state index in [4.69, 9.17) is 8.85 Å². The van der Waals surface area contributed by atoms with Crippen LogP contribution >= 0.6 is 0 Å². The second-order valence-electron chi connectivity index (χ2n) is 7.57. The molecule has 0 fully saturated rings. The van der Waals surface area contributed by atoms with Crippen molar-refractivity contribution in [3.8, 4) is 0 Å². The van der Waals surface area contributed by atoms with Gasteiger partial charge in [0.25, 0.3) is 17.0 Å². The lowest BCUT2D eigenvalue weighted by molar-refractivity contribution is 0.106. The van der Waals surface area contributed by atoms with Gasteiger partial charge in [0.05, 0.1) is 0 Å². The van der Waals surface area contributed by atoms with Crippen molar-refractivity contribution in [2.24, 2.45) is 0 Å². The minimum absolute atomic E-state index is 0.102. The number of hydrogen-bond acceptors (Lipinski definition) is 3. The summed E-state index contributed by atoms with van der Waals surface area (Å²) in [7, 11) is -3.77. The maximum absolute atomic E-state index is 6.16. The van der Waals surface area contributed by atoms with E-state index < -0.39 is 17.0 Å². The summed E-state index contributed by atoms with van der Waals surface area (Å²) in [6.45, 7) is 21.4. The second-order valence-corrected chi connectivity index (χ2v) is 15.0. The van der Waals surface area contributed by atoms with Crippen LogP contribution in [0.15, 0.2) is 0 Å². The number of rotatable bonds is 4. The Morgan fingerprint density at radius 2 is 0.882 bits per heavy atom. The first kappa shape index (κ1) is 17.3. The van der Waals surface area contributed by atoms with Crippen LogP contribution in [0.25, 0.3) is 0 Å². The minimum Gasteiger partial charge on any atom is -0.399 e. The molecule has 0 rings (SSSR count). The maximum Gasteiger partial charge on any atom is 0.258 e. The highest BCUT2D eigenvalue weighted by molar-refractivity contribution is 6.85. The summed E-state index contributed by atoms with van der Waals surface area (Å²) in [6.07, 6.45) is 0. The highest BCUT2D eigenvalue weighted by Gasteiger charge is 2.38. The van der Waals surface area contributed by atoms with Crippen LogP contribution in [0.3, 0.4) is 0 Å². The van der Waals surface area contributed by atoms with Crippen LogP contribution in [0.5, 0.6) is 0 Å². The number of nitrogens with one attached hydrogen (secondary N) is 1. The van der Waals surface area contributed by atoms with E-state index in [1.165, 1.54) is 0 Å². The number of hydrogen-bond donors (Lipinski definition) is 1. The summed E-state index contributed by atoms with van der Waals surface area (Å²) in [4.78, 5) is 0. The van der Waals surface area contributed by atoms with E-state index in [-0.39, 0.29) is 11.2 Å². The molecule has 0 unspecified atom stereocenters. The first-order chi connectivity index (χ1) is 7.12. The van der Waals surface area contributed by atoms with Crippen molar-refractivity contribution in [3.63, 3.8) is 0 Å². The van der Waals surface area contributed by atoms with Crippen LogP contribution in [0.2, 0.25) is 26.2 Å². The molecule has 0 saturated carbocycles. The molecular weight excluding hydrogens is 246 g/mol. The quantitative estimate of drug-likeness (QED) is 0.796. The van der Waals surface area contributed by atoms with Crippen LogP contribution in [-0.2, 0) is 8.85 Å². The summed E-state index contributed by atoms with van der Waals surface area (Å²) in [5.41, 5.74) is -0.204. The summed E-state index contributed by atoms with van der Waals surface area (Å²) >= 11 is 0. The Kier molecular flexibility index (Phi) is 5.22. The van der Waals surface area contributed by atoms with Crippen molar-refractivity contribution < 1.29 is 8.85 Å². The monoisotopic (exact) mass is 277 g/mol. The molecule has 0 radical (unpaired) electrons. The van der Waals surface area contributed by atoms with E-state index in [0.717, 1.165) is 0 Å². The Hall–Kier alpha value is 0.314. The largest absolute Gasteiger partial charge is 0.399 e. The lowest BCUT2D eigenvalue weighted by Gasteiger charge is -2.40. The molecule has 3 nitrogen and oxygen atoms in total. The Balaban J connectivity index is 4.59. The zero-order valence-electron chi connectivity index (χ0n) is 13.3. The van der Waals surface area contributed by atoms with E-state index in [1.807, 2.05) is 0 Å². The van der Waals surface area contributed by atoms with Gasteiger partial charge < -0.3 is 13.5 Å². The minimum atomic E-state index is -1.89. The average Bonchev–Trinajstić information content (AvgIpc) is 1.65. The van der Waals surface area contributed by atoms with Crippen molar-refractivity contribution in [3.05, 3.63) is 0 Å². The molecule has 0 aliphatic rings. The first-order valence-corrected chi connectivity index (χ1v) is 12.1. The van der Waals surface area contributed by atoms with E-state index in [9.17, 15) is 0 Å². The van der Waals surface area contributed by atoms with Gasteiger partial charge in [-0.3, -0.25) is 0 Å². The molecule has 0 saturated heterocycles. The lowest BCUT2D eigenvalue weighted by Crippen LogP contribution is -2.65. The molecule has 0 bridgehead atoms. The summed E-state index contributed by atoms with van der Waals surface area (Å²) < 4.78 is 16.0. The van der Waals surface area contributed by atoms with Gasteiger partial charge in [-0.25, -0.2) is 0 Å². The molecule has 0 aromatic carbocycles. The molecule has 0 spiro atoms. The van der Waals surface area contributed by atoms with E-state index in [2.05, 4.69) is 72.4 Å². The fourth-order valence-corrected chi connectivity index (χ4v) is 11.6. The molecule has 17 heavy (non-hydrogen) atoms. The van der Waals surface area contributed by atoms with Gasteiger partial charge in [0, 0.05) is 11.2 Å². The Morgan fingerprint density at radius 1 is 0.647 bits per heavy atom. The van der Waals surface area contributed by atoms with Gasteiger partial charge in [-0.2, -0.15) is 0 Å². The third kappa shape index (κ3) is 9.97. The van der Waals surface area contributed by atoms with Gasteiger partial charge in [-0.15, -0.1) is 0 Å². The van der Waals surface area contributed by atoms with Crippen LogP contribution < -0.4 is 4.65 Å². The van der Waals surface area contributed by atoms with Gasteiger partial charge >= 0.3 is 0 Å². The molecule has 0 heterocycles. The van der Waals surface area contributed by atoms with E-state index in [1.54, 1.807) is 0 Å². The molecule has 0 aromatic heterocycles. The van der Waals surface area contributed by atoms with Gasteiger partial charge in [0.15, 0.2) is 0 Å². The van der Waals surface area contributed by atoms with Gasteiger partial charge in [-0.05, 0) is 67.7 Å². The molecule has 104 valence electrons. The zero-order valence-corrected chi connectivity index (χ0v) is 15.3. The predicted molar refractivity (Wildman–Crippen MR) is 79.8 cm³/mol. The van der Waals surface area contributed by atoms with Gasteiger partial charge in [-0.1, -0.05) is 0 Å². The molecule has 0 aliphatic heterocycles. The standard InChI is InChI=1S/C12H31NO2Si2/c1-11(2,3)14-16(7,8)13-17(9,10)15-12(4,5)6/h13H,1-10H3. The highest BCUT2D eigenvalue weighted by Crippen LogP contribution is 2.20. The zero-order chi connectivity index (χ0) is 14.1. The predicted octanol–water partition coefficient (Wildman–Crippen LogP) is 3.61.